The van der Waals surface area contributed by atoms with E-state index >= 15 is 0 Å². The predicted molar refractivity (Wildman–Crippen MR) is 78.9 cm³/mol. The number of nitrogens with one attached hydrogen (secondary N) is 1. The van der Waals surface area contributed by atoms with Gasteiger partial charge in [-0.15, -0.1) is 0 Å². The molecule has 1 aliphatic rings. The third-order valence-electron chi connectivity index (χ3n) is 4.17. The highest BCUT2D eigenvalue weighted by Gasteiger charge is 2.25. The first-order chi connectivity index (χ1) is 10.0. The van der Waals surface area contributed by atoms with Gasteiger partial charge in [-0.3, -0.25) is 0 Å². The Morgan fingerprint density at radius 1 is 1.29 bits per heavy atom. The fraction of sp³-hybridized carbons (Fsp3) is 0.625. The van der Waals surface area contributed by atoms with Crippen LogP contribution in [0.1, 0.15) is 33.1 Å². The van der Waals surface area contributed by atoms with E-state index in [0.29, 0.717) is 18.1 Å². The highest BCUT2D eigenvalue weighted by molar-refractivity contribution is 5.47. The molecule has 0 amide bonds. The Labute approximate surface area is 124 Å². The van der Waals surface area contributed by atoms with Crippen molar-refractivity contribution in [2.45, 2.75) is 39.2 Å². The van der Waals surface area contributed by atoms with E-state index < -0.39 is 17.5 Å². The zero-order valence-corrected chi connectivity index (χ0v) is 12.6. The zero-order valence-electron chi connectivity index (χ0n) is 12.6. The summed E-state index contributed by atoms with van der Waals surface area (Å²) in [6, 6.07) is 1.37. The molecule has 1 N–H and O–H groups in total. The van der Waals surface area contributed by atoms with E-state index in [1.807, 2.05) is 6.92 Å². The molecule has 5 heteroatoms. The lowest BCUT2D eigenvalue weighted by atomic mass is 9.91. The number of nitrogens with zero attached hydrogens (tertiary/aromatic N) is 1. The third-order valence-corrected chi connectivity index (χ3v) is 4.17. The normalized spacial score (nSPS) is 21.3. The number of hydrogen-bond acceptors (Lipinski definition) is 2. The zero-order chi connectivity index (χ0) is 15.4. The molecule has 2 rings (SSSR count). The molecule has 0 saturated carbocycles. The van der Waals surface area contributed by atoms with Crippen LogP contribution in [0.2, 0.25) is 0 Å². The number of anilines is 1. The van der Waals surface area contributed by atoms with Gasteiger partial charge in [0.05, 0.1) is 0 Å². The van der Waals surface area contributed by atoms with Crippen molar-refractivity contribution in [1.82, 2.24) is 4.90 Å². The molecule has 1 aromatic rings. The summed E-state index contributed by atoms with van der Waals surface area (Å²) in [6.07, 6.45) is 3.25. The van der Waals surface area contributed by atoms with Crippen LogP contribution in [0, 0.1) is 23.4 Å². The van der Waals surface area contributed by atoms with E-state index in [1.165, 1.54) is 0 Å². The molecule has 0 radical (unpaired) electrons. The molecule has 2 nitrogen and oxygen atoms in total. The van der Waals surface area contributed by atoms with Crippen molar-refractivity contribution in [3.63, 3.8) is 0 Å². The fourth-order valence-corrected chi connectivity index (χ4v) is 3.04. The van der Waals surface area contributed by atoms with Crippen LogP contribution in [0.4, 0.5) is 18.9 Å². The Bertz CT molecular complexity index is 454. The Morgan fingerprint density at radius 3 is 2.57 bits per heavy atom. The minimum Gasteiger partial charge on any atom is -0.378 e. The topological polar surface area (TPSA) is 15.3 Å². The fourth-order valence-electron chi connectivity index (χ4n) is 3.04. The van der Waals surface area contributed by atoms with Crippen molar-refractivity contribution in [2.24, 2.45) is 5.92 Å². The molecule has 1 saturated heterocycles. The van der Waals surface area contributed by atoms with Crippen molar-refractivity contribution < 1.29 is 13.2 Å². The molecular formula is C16H23F3N2. The van der Waals surface area contributed by atoms with Gasteiger partial charge >= 0.3 is 0 Å². The van der Waals surface area contributed by atoms with E-state index in [-0.39, 0.29) is 11.7 Å². The second kappa shape index (κ2) is 7.16. The molecule has 2 atom stereocenters. The summed E-state index contributed by atoms with van der Waals surface area (Å²) in [5.41, 5.74) is -0.225. The number of piperidine rings is 1. The van der Waals surface area contributed by atoms with Crippen LogP contribution in [0.3, 0.4) is 0 Å². The molecule has 0 aliphatic carbocycles. The van der Waals surface area contributed by atoms with Crippen LogP contribution in [0.15, 0.2) is 12.1 Å². The molecule has 0 spiro atoms. The lowest BCUT2D eigenvalue weighted by Gasteiger charge is -2.36. The van der Waals surface area contributed by atoms with E-state index in [9.17, 15) is 13.2 Å². The van der Waals surface area contributed by atoms with Gasteiger partial charge in [0.15, 0.2) is 11.6 Å². The van der Waals surface area contributed by atoms with E-state index in [1.54, 1.807) is 0 Å². The average Bonchev–Trinajstić information content (AvgIpc) is 2.43. The van der Waals surface area contributed by atoms with Gasteiger partial charge in [0, 0.05) is 24.7 Å². The van der Waals surface area contributed by atoms with Gasteiger partial charge in [-0.05, 0) is 45.2 Å². The summed E-state index contributed by atoms with van der Waals surface area (Å²) in [4.78, 5) is 2.39. The van der Waals surface area contributed by atoms with Crippen LogP contribution in [0.5, 0.6) is 0 Å². The summed E-state index contributed by atoms with van der Waals surface area (Å²) in [7, 11) is 0. The van der Waals surface area contributed by atoms with Crippen molar-refractivity contribution in [2.75, 3.05) is 25.0 Å². The molecule has 21 heavy (non-hydrogen) atoms. The predicted octanol–water partition coefficient (Wildman–Crippen LogP) is 4.03. The van der Waals surface area contributed by atoms with Crippen molar-refractivity contribution in [1.29, 1.82) is 0 Å². The second-order valence-electron chi connectivity index (χ2n) is 5.88. The summed E-state index contributed by atoms with van der Waals surface area (Å²) < 4.78 is 40.3. The van der Waals surface area contributed by atoms with Gasteiger partial charge in [-0.25, -0.2) is 13.2 Å². The van der Waals surface area contributed by atoms with Crippen LogP contribution in [-0.4, -0.2) is 30.6 Å². The maximum atomic E-state index is 13.7. The Morgan fingerprint density at radius 2 is 1.95 bits per heavy atom. The van der Waals surface area contributed by atoms with Gasteiger partial charge < -0.3 is 10.2 Å². The average molecular weight is 300 g/mol. The number of hydrogen-bond donors (Lipinski definition) is 1. The van der Waals surface area contributed by atoms with E-state index in [4.69, 9.17) is 0 Å². The smallest absolute Gasteiger partial charge is 0.152 e. The monoisotopic (exact) mass is 300 g/mol. The van der Waals surface area contributed by atoms with Gasteiger partial charge in [0.2, 0.25) is 0 Å². The van der Waals surface area contributed by atoms with Crippen LogP contribution in [0.25, 0.3) is 0 Å². The summed E-state index contributed by atoms with van der Waals surface area (Å²) >= 11 is 0. The highest BCUT2D eigenvalue weighted by atomic mass is 19.1. The Hall–Kier alpha value is -1.23. The first kappa shape index (κ1) is 16.1. The molecule has 118 valence electrons. The lowest BCUT2D eigenvalue weighted by Crippen LogP contribution is -2.42. The van der Waals surface area contributed by atoms with E-state index in [0.717, 1.165) is 38.9 Å². The molecule has 2 unspecified atom stereocenters. The SMILES string of the molecule is CCCN1CCCC(C(C)Nc2c(F)cc(F)cc2F)C1. The van der Waals surface area contributed by atoms with Crippen molar-refractivity contribution >= 4 is 5.69 Å². The van der Waals surface area contributed by atoms with Crippen LogP contribution >= 0.6 is 0 Å². The number of likely N-dealkylation sites (tertiary alicyclic amines) is 1. The highest BCUT2D eigenvalue weighted by Crippen LogP contribution is 2.26. The maximum absolute atomic E-state index is 13.7. The summed E-state index contributed by atoms with van der Waals surface area (Å²) in [5.74, 6) is -2.30. The molecule has 0 bridgehead atoms. The summed E-state index contributed by atoms with van der Waals surface area (Å²) in [6.45, 7) is 7.17. The van der Waals surface area contributed by atoms with Gasteiger partial charge in [-0.1, -0.05) is 6.92 Å². The van der Waals surface area contributed by atoms with Crippen LogP contribution in [-0.2, 0) is 0 Å². The van der Waals surface area contributed by atoms with Gasteiger partial charge in [0.1, 0.15) is 11.5 Å². The van der Waals surface area contributed by atoms with Crippen molar-refractivity contribution in [3.8, 4) is 0 Å². The molecule has 0 aromatic heterocycles. The number of benzene rings is 1. The van der Waals surface area contributed by atoms with Gasteiger partial charge in [-0.2, -0.15) is 0 Å². The molecular weight excluding hydrogens is 277 g/mol. The Balaban J connectivity index is 2.02. The molecule has 1 aromatic carbocycles. The minimum absolute atomic E-state index is 0.0564. The number of halogens is 3. The standard InChI is InChI=1S/C16H23F3N2/c1-3-6-21-7-4-5-12(10-21)11(2)20-16-14(18)8-13(17)9-15(16)19/h8-9,11-12,20H,3-7,10H2,1-2H3. The first-order valence-electron chi connectivity index (χ1n) is 7.64. The number of rotatable bonds is 5. The van der Waals surface area contributed by atoms with Gasteiger partial charge in [0.25, 0.3) is 0 Å². The summed E-state index contributed by atoms with van der Waals surface area (Å²) in [5, 5.41) is 2.89. The molecule has 1 heterocycles. The second-order valence-corrected chi connectivity index (χ2v) is 5.88. The third kappa shape index (κ3) is 4.13. The quantitative estimate of drug-likeness (QED) is 0.883. The molecule has 1 aliphatic heterocycles. The maximum Gasteiger partial charge on any atom is 0.152 e. The van der Waals surface area contributed by atoms with Crippen molar-refractivity contribution in [3.05, 3.63) is 29.6 Å². The largest absolute Gasteiger partial charge is 0.378 e. The first-order valence-corrected chi connectivity index (χ1v) is 7.64. The van der Waals surface area contributed by atoms with Crippen LogP contribution < -0.4 is 5.32 Å². The minimum atomic E-state index is -0.894. The Kier molecular flexibility index (Phi) is 5.51. The van der Waals surface area contributed by atoms with E-state index in [2.05, 4.69) is 17.1 Å². The lowest BCUT2D eigenvalue weighted by molar-refractivity contribution is 0.165. The molecule has 1 fully saturated rings.